The van der Waals surface area contributed by atoms with E-state index < -0.39 is 0 Å². The predicted octanol–water partition coefficient (Wildman–Crippen LogP) is 3.74. The number of carbonyl (C=O) groups excluding carboxylic acids is 1. The number of urea groups is 1. The molecule has 2 aliphatic heterocycles. The van der Waals surface area contributed by atoms with Crippen LogP contribution < -0.4 is 5.32 Å². The van der Waals surface area contributed by atoms with Gasteiger partial charge in [-0.15, -0.1) is 21.5 Å². The first-order valence-corrected chi connectivity index (χ1v) is 9.60. The van der Waals surface area contributed by atoms with Crippen LogP contribution in [-0.2, 0) is 13.0 Å². The fraction of sp³-hybridized carbons (Fsp3) is 0.588. The normalized spacial score (nSPS) is 20.7. The van der Waals surface area contributed by atoms with Crippen molar-refractivity contribution in [2.24, 2.45) is 0 Å². The van der Waals surface area contributed by atoms with E-state index in [1.54, 1.807) is 11.3 Å². The molecule has 2 aromatic heterocycles. The number of amides is 2. The lowest BCUT2D eigenvalue weighted by atomic mass is 10.0. The number of anilines is 1. The highest BCUT2D eigenvalue weighted by molar-refractivity contribution is 7.16. The van der Waals surface area contributed by atoms with Crippen molar-refractivity contribution < 1.29 is 4.79 Å². The van der Waals surface area contributed by atoms with E-state index >= 15 is 0 Å². The molecule has 4 rings (SSSR count). The molecule has 1 fully saturated rings. The Morgan fingerprint density at radius 3 is 2.92 bits per heavy atom. The minimum absolute atomic E-state index is 0.0188. The predicted molar refractivity (Wildman–Crippen MR) is 94.3 cm³/mol. The van der Waals surface area contributed by atoms with Gasteiger partial charge < -0.3 is 9.47 Å². The molecule has 0 spiro atoms. The third kappa shape index (κ3) is 2.92. The molecule has 6 nitrogen and oxygen atoms in total. The maximum absolute atomic E-state index is 12.8. The number of nitrogens with one attached hydrogen (secondary N) is 1. The number of aromatic nitrogens is 3. The van der Waals surface area contributed by atoms with Gasteiger partial charge in [-0.25, -0.2) is 4.79 Å². The second-order valence-electron chi connectivity index (χ2n) is 6.63. The topological polar surface area (TPSA) is 63.1 Å². The minimum atomic E-state index is -0.0188. The van der Waals surface area contributed by atoms with Crippen molar-refractivity contribution in [2.75, 3.05) is 11.9 Å². The van der Waals surface area contributed by atoms with Gasteiger partial charge in [-0.05, 0) is 51.2 Å². The lowest BCUT2D eigenvalue weighted by Crippen LogP contribution is -2.42. The number of aryl methyl sites for hydroxylation is 2. The highest BCUT2D eigenvalue weighted by atomic mass is 32.1. The molecule has 0 radical (unpaired) electrons. The molecule has 128 valence electrons. The van der Waals surface area contributed by atoms with Gasteiger partial charge in [-0.2, -0.15) is 0 Å². The number of hydrogen-bond acceptors (Lipinski definition) is 4. The van der Waals surface area contributed by atoms with Crippen LogP contribution in [0, 0.1) is 6.92 Å². The van der Waals surface area contributed by atoms with E-state index in [1.165, 1.54) is 17.7 Å². The van der Waals surface area contributed by atoms with Gasteiger partial charge in [0.1, 0.15) is 5.82 Å². The summed E-state index contributed by atoms with van der Waals surface area (Å²) in [5, 5.41) is 12.8. The van der Waals surface area contributed by atoms with Crippen molar-refractivity contribution in [1.29, 1.82) is 0 Å². The summed E-state index contributed by atoms with van der Waals surface area (Å²) in [7, 11) is 0. The molecule has 24 heavy (non-hydrogen) atoms. The minimum Gasteiger partial charge on any atom is -0.314 e. The van der Waals surface area contributed by atoms with Crippen molar-refractivity contribution in [3.63, 3.8) is 0 Å². The number of piperidine rings is 1. The molecule has 1 N–H and O–H groups in total. The summed E-state index contributed by atoms with van der Waals surface area (Å²) in [6.45, 7) is 3.81. The zero-order valence-corrected chi connectivity index (χ0v) is 14.8. The summed E-state index contributed by atoms with van der Waals surface area (Å²) in [4.78, 5) is 16.0. The van der Waals surface area contributed by atoms with Gasteiger partial charge in [-0.1, -0.05) is 0 Å². The van der Waals surface area contributed by atoms with Crippen molar-refractivity contribution in [1.82, 2.24) is 19.7 Å². The number of hydrogen-bond donors (Lipinski definition) is 1. The summed E-state index contributed by atoms with van der Waals surface area (Å²) >= 11 is 1.61. The van der Waals surface area contributed by atoms with E-state index in [-0.39, 0.29) is 12.1 Å². The molecule has 0 bridgehead atoms. The van der Waals surface area contributed by atoms with Gasteiger partial charge >= 0.3 is 6.03 Å². The van der Waals surface area contributed by atoms with Crippen molar-refractivity contribution in [2.45, 2.75) is 58.0 Å². The van der Waals surface area contributed by atoms with Crippen LogP contribution in [0.4, 0.5) is 9.80 Å². The van der Waals surface area contributed by atoms with Gasteiger partial charge in [0.2, 0.25) is 0 Å². The standard InChI is InChI=1S/C17H23N5OS/c1-12-8-9-15(24-12)18-17(23)21-10-4-2-6-13(21)16-20-19-14-7-3-5-11-22(14)16/h8-9,13H,2-7,10-11H2,1H3,(H,18,23)/t13-/m0/s1. The molecule has 0 unspecified atom stereocenters. The Labute approximate surface area is 145 Å². The average Bonchev–Trinajstić information content (AvgIpc) is 3.21. The fourth-order valence-electron chi connectivity index (χ4n) is 3.70. The molecular formula is C17H23N5OS. The van der Waals surface area contributed by atoms with Gasteiger partial charge in [0.15, 0.2) is 5.82 Å². The number of rotatable bonds is 2. The molecule has 1 atom stereocenters. The van der Waals surface area contributed by atoms with Gasteiger partial charge in [0.25, 0.3) is 0 Å². The van der Waals surface area contributed by atoms with Crippen LogP contribution >= 0.6 is 11.3 Å². The van der Waals surface area contributed by atoms with E-state index in [1.807, 2.05) is 24.0 Å². The zero-order valence-electron chi connectivity index (χ0n) is 14.0. The van der Waals surface area contributed by atoms with Crippen LogP contribution in [0.25, 0.3) is 0 Å². The molecule has 4 heterocycles. The smallest absolute Gasteiger partial charge is 0.314 e. The average molecular weight is 345 g/mol. The van der Waals surface area contributed by atoms with Gasteiger partial charge in [-0.3, -0.25) is 5.32 Å². The Balaban J connectivity index is 1.56. The first kappa shape index (κ1) is 15.6. The molecular weight excluding hydrogens is 322 g/mol. The number of thiophene rings is 1. The highest BCUT2D eigenvalue weighted by Gasteiger charge is 2.33. The van der Waals surface area contributed by atoms with E-state index in [4.69, 9.17) is 0 Å². The second-order valence-corrected chi connectivity index (χ2v) is 7.92. The Kier molecular flexibility index (Phi) is 4.26. The third-order valence-electron chi connectivity index (χ3n) is 4.92. The van der Waals surface area contributed by atoms with Gasteiger partial charge in [0, 0.05) is 24.4 Å². The maximum atomic E-state index is 12.8. The number of fused-ring (bicyclic) bond motifs is 1. The number of likely N-dealkylation sites (tertiary alicyclic amines) is 1. The molecule has 0 aromatic carbocycles. The lowest BCUT2D eigenvalue weighted by Gasteiger charge is -2.35. The quantitative estimate of drug-likeness (QED) is 0.902. The molecule has 2 aromatic rings. The third-order valence-corrected chi connectivity index (χ3v) is 5.84. The molecule has 1 saturated heterocycles. The molecule has 0 saturated carbocycles. The Morgan fingerprint density at radius 1 is 1.21 bits per heavy atom. The Morgan fingerprint density at radius 2 is 2.08 bits per heavy atom. The van der Waals surface area contributed by atoms with Crippen LogP contribution in [0.15, 0.2) is 12.1 Å². The van der Waals surface area contributed by atoms with E-state index in [0.29, 0.717) is 0 Å². The summed E-state index contributed by atoms with van der Waals surface area (Å²) in [6, 6.07) is 4.02. The van der Waals surface area contributed by atoms with Crippen LogP contribution in [-0.4, -0.2) is 32.2 Å². The molecule has 2 aliphatic rings. The first-order chi connectivity index (χ1) is 11.7. The number of nitrogens with zero attached hydrogens (tertiary/aromatic N) is 4. The van der Waals surface area contributed by atoms with Crippen molar-refractivity contribution in [3.05, 3.63) is 28.7 Å². The highest BCUT2D eigenvalue weighted by Crippen LogP contribution is 2.32. The van der Waals surface area contributed by atoms with Gasteiger partial charge in [0.05, 0.1) is 11.0 Å². The summed E-state index contributed by atoms with van der Waals surface area (Å²) in [5.74, 6) is 2.05. The fourth-order valence-corrected chi connectivity index (χ4v) is 4.46. The molecule has 2 amide bonds. The maximum Gasteiger partial charge on any atom is 0.323 e. The lowest BCUT2D eigenvalue weighted by molar-refractivity contribution is 0.156. The Bertz CT molecular complexity index is 737. The summed E-state index contributed by atoms with van der Waals surface area (Å²) in [5.41, 5.74) is 0. The largest absolute Gasteiger partial charge is 0.323 e. The van der Waals surface area contributed by atoms with Crippen LogP contribution in [0.5, 0.6) is 0 Å². The summed E-state index contributed by atoms with van der Waals surface area (Å²) < 4.78 is 2.25. The number of carbonyl (C=O) groups is 1. The van der Waals surface area contributed by atoms with E-state index in [2.05, 4.69) is 20.1 Å². The SMILES string of the molecule is Cc1ccc(NC(=O)N2CCCC[C@H]2c2nnc3n2CCCC3)s1. The zero-order chi connectivity index (χ0) is 16.5. The van der Waals surface area contributed by atoms with Crippen LogP contribution in [0.3, 0.4) is 0 Å². The second kappa shape index (κ2) is 6.55. The van der Waals surface area contributed by atoms with Crippen LogP contribution in [0.2, 0.25) is 0 Å². The van der Waals surface area contributed by atoms with Crippen molar-refractivity contribution in [3.8, 4) is 0 Å². The van der Waals surface area contributed by atoms with Crippen LogP contribution in [0.1, 0.15) is 54.7 Å². The summed E-state index contributed by atoms with van der Waals surface area (Å²) in [6.07, 6.45) is 6.51. The Hall–Kier alpha value is -1.89. The van der Waals surface area contributed by atoms with E-state index in [9.17, 15) is 4.79 Å². The molecule has 7 heteroatoms. The van der Waals surface area contributed by atoms with E-state index in [0.717, 1.165) is 55.4 Å². The first-order valence-electron chi connectivity index (χ1n) is 8.78. The van der Waals surface area contributed by atoms with Crippen molar-refractivity contribution >= 4 is 22.4 Å². The monoisotopic (exact) mass is 345 g/mol. The molecule has 0 aliphatic carbocycles.